The number of anilines is 2. The van der Waals surface area contributed by atoms with Crippen molar-refractivity contribution < 1.29 is 19.2 Å². The molecule has 8 nitrogen and oxygen atoms in total. The van der Waals surface area contributed by atoms with E-state index in [9.17, 15) is 19.2 Å². The van der Waals surface area contributed by atoms with Gasteiger partial charge in [-0.1, -0.05) is 39.1 Å². The molecule has 2 aromatic carbocycles. The van der Waals surface area contributed by atoms with Crippen molar-refractivity contribution in [1.82, 2.24) is 9.80 Å². The molecule has 202 valence electrons. The van der Waals surface area contributed by atoms with Crippen molar-refractivity contribution >= 4 is 34.8 Å². The molecule has 0 saturated carbocycles. The quantitative estimate of drug-likeness (QED) is 0.392. The van der Waals surface area contributed by atoms with E-state index in [-0.39, 0.29) is 38.2 Å². The van der Waals surface area contributed by atoms with Crippen molar-refractivity contribution in [3.63, 3.8) is 0 Å². The van der Waals surface area contributed by atoms with E-state index in [1.807, 2.05) is 28.2 Å². The lowest BCUT2D eigenvalue weighted by atomic mass is 10.1. The van der Waals surface area contributed by atoms with Crippen LogP contribution in [0, 0.1) is 0 Å². The second kappa shape index (κ2) is 17.3. The Morgan fingerprint density at radius 3 is 1.59 bits per heavy atom. The Hall–Kier alpha value is -4.20. The van der Waals surface area contributed by atoms with Crippen LogP contribution in [-0.2, 0) is 9.59 Å². The summed E-state index contributed by atoms with van der Waals surface area (Å²) in [4.78, 5) is 50.9. The molecule has 0 aliphatic rings. The van der Waals surface area contributed by atoms with E-state index < -0.39 is 0 Å². The largest absolute Gasteiger partial charge is 0.383 e. The van der Waals surface area contributed by atoms with Gasteiger partial charge in [0, 0.05) is 96.1 Å². The third-order valence-corrected chi connectivity index (χ3v) is 4.51. The molecule has 0 aromatic heterocycles. The number of nitrogens with one attached hydrogen (secondary N) is 1. The van der Waals surface area contributed by atoms with Gasteiger partial charge in [-0.05, 0) is 24.3 Å². The molecule has 2 amide bonds. The molecular weight excluding hydrogens is 468 g/mol. The average molecular weight is 511 g/mol. The van der Waals surface area contributed by atoms with Crippen LogP contribution in [0.1, 0.15) is 49.4 Å². The Morgan fingerprint density at radius 2 is 1.16 bits per heavy atom. The fraction of sp³-hybridized carbons (Fsp3) is 0.310. The highest BCUT2D eigenvalue weighted by atomic mass is 16.2. The fourth-order valence-electron chi connectivity index (χ4n) is 2.63. The third-order valence-electron chi connectivity index (χ3n) is 4.51. The van der Waals surface area contributed by atoms with Crippen molar-refractivity contribution in [3.05, 3.63) is 84.2 Å². The molecule has 0 aliphatic heterocycles. The van der Waals surface area contributed by atoms with Gasteiger partial charge in [0.15, 0.2) is 11.6 Å². The summed E-state index contributed by atoms with van der Waals surface area (Å²) >= 11 is 0. The monoisotopic (exact) mass is 510 g/mol. The van der Waals surface area contributed by atoms with Crippen LogP contribution < -0.4 is 10.2 Å². The number of carbonyl (C=O) groups excluding carboxylic acids is 4. The van der Waals surface area contributed by atoms with E-state index in [1.54, 1.807) is 77.8 Å². The van der Waals surface area contributed by atoms with Crippen molar-refractivity contribution in [1.29, 1.82) is 0 Å². The van der Waals surface area contributed by atoms with Crippen molar-refractivity contribution in [2.45, 2.75) is 28.7 Å². The highest BCUT2D eigenvalue weighted by Gasteiger charge is 2.08. The van der Waals surface area contributed by atoms with Gasteiger partial charge in [0.05, 0.1) is 0 Å². The highest BCUT2D eigenvalue weighted by Crippen LogP contribution is 2.16. The lowest BCUT2D eigenvalue weighted by Crippen LogP contribution is -2.22. The van der Waals surface area contributed by atoms with Gasteiger partial charge in [0.25, 0.3) is 0 Å². The molecule has 0 fully saturated rings. The first-order valence-electron chi connectivity index (χ1n) is 10.9. The highest BCUT2D eigenvalue weighted by molar-refractivity contribution is 6.06. The molecule has 0 unspecified atom stereocenters. The molecule has 0 aliphatic carbocycles. The number of allylic oxidation sites excluding steroid dienone is 2. The topological polar surface area (TPSA) is 90.0 Å². The molecule has 0 heterocycles. The van der Waals surface area contributed by atoms with Gasteiger partial charge < -0.3 is 20.0 Å². The van der Waals surface area contributed by atoms with Crippen molar-refractivity contribution in [3.8, 4) is 0 Å². The number of rotatable bonds is 8. The smallest absolute Gasteiger partial charge is 0.223 e. The molecule has 2 rings (SSSR count). The minimum atomic E-state index is -0.154. The predicted molar refractivity (Wildman–Crippen MR) is 154 cm³/mol. The molecule has 1 N–H and O–H groups in total. The number of benzene rings is 2. The maximum atomic E-state index is 11.9. The Morgan fingerprint density at radius 1 is 0.703 bits per heavy atom. The standard InChI is InChI=1S/C14H18N2O2.C13H16N2O2.2CH4/c1-11(17)16(4)13-7-5-6-12(10-13)14(18)8-9-15(2)3;1-10(16)14-12-6-4-5-11(9-12)13(17)7-8-15(2)3;;/h5-10H,1-4H3;4-9H,1-3H3,(H,14,16);2*1H4/b9-8+;8-7+;;. The Balaban J connectivity index is 0. The maximum absolute atomic E-state index is 11.9. The number of nitrogens with zero attached hydrogens (tertiary/aromatic N) is 3. The SMILES string of the molecule is C.C.CC(=O)N(C)c1cccc(C(=O)/C=C/N(C)C)c1.CC(=O)Nc1cccc(C(=O)/C=C/N(C)C)c1. The van der Waals surface area contributed by atoms with Crippen LogP contribution in [0.2, 0.25) is 0 Å². The fourth-order valence-corrected chi connectivity index (χ4v) is 2.63. The number of ketones is 2. The second-order valence-corrected chi connectivity index (χ2v) is 8.18. The summed E-state index contributed by atoms with van der Waals surface area (Å²) in [6.07, 6.45) is 6.39. The molecule has 0 saturated heterocycles. The van der Waals surface area contributed by atoms with Gasteiger partial charge in [-0.2, -0.15) is 0 Å². The third kappa shape index (κ3) is 13.5. The predicted octanol–water partition coefficient (Wildman–Crippen LogP) is 5.10. The second-order valence-electron chi connectivity index (χ2n) is 8.18. The van der Waals surface area contributed by atoms with Crippen LogP contribution in [0.15, 0.2) is 73.1 Å². The Labute approximate surface area is 222 Å². The number of carbonyl (C=O) groups is 4. The molecule has 8 heteroatoms. The van der Waals surface area contributed by atoms with Gasteiger partial charge in [0.2, 0.25) is 11.8 Å². The van der Waals surface area contributed by atoms with Gasteiger partial charge in [0.1, 0.15) is 0 Å². The van der Waals surface area contributed by atoms with Crippen LogP contribution in [0.4, 0.5) is 11.4 Å². The minimum Gasteiger partial charge on any atom is -0.383 e. The van der Waals surface area contributed by atoms with Crippen molar-refractivity contribution in [2.24, 2.45) is 0 Å². The first kappa shape index (κ1) is 35.0. The van der Waals surface area contributed by atoms with Gasteiger partial charge in [-0.25, -0.2) is 0 Å². The summed E-state index contributed by atoms with van der Waals surface area (Å²) in [6, 6.07) is 13.9. The molecule has 0 bridgehead atoms. The first-order chi connectivity index (χ1) is 16.4. The van der Waals surface area contributed by atoms with Crippen LogP contribution in [0.3, 0.4) is 0 Å². The van der Waals surface area contributed by atoms with Crippen molar-refractivity contribution in [2.75, 3.05) is 45.5 Å². The summed E-state index contributed by atoms with van der Waals surface area (Å²) in [6.45, 7) is 2.92. The van der Waals surface area contributed by atoms with E-state index in [4.69, 9.17) is 0 Å². The lowest BCUT2D eigenvalue weighted by Gasteiger charge is -2.15. The van der Waals surface area contributed by atoms with Gasteiger partial charge in [-0.15, -0.1) is 0 Å². The zero-order chi connectivity index (χ0) is 26.5. The Kier molecular flexibility index (Phi) is 16.3. The van der Waals surface area contributed by atoms with Crippen LogP contribution in [0.5, 0.6) is 0 Å². The summed E-state index contributed by atoms with van der Waals surface area (Å²) in [5, 5.41) is 2.64. The molecular formula is C29H42N4O4. The first-order valence-corrected chi connectivity index (χ1v) is 10.9. The summed E-state index contributed by atoms with van der Waals surface area (Å²) in [5.74, 6) is -0.393. The summed E-state index contributed by atoms with van der Waals surface area (Å²) in [7, 11) is 9.07. The van der Waals surface area contributed by atoms with Gasteiger partial charge >= 0.3 is 0 Å². The van der Waals surface area contributed by atoms with Crippen LogP contribution >= 0.6 is 0 Å². The molecule has 0 radical (unpaired) electrons. The van der Waals surface area contributed by atoms with E-state index in [1.165, 1.54) is 30.9 Å². The molecule has 0 atom stereocenters. The average Bonchev–Trinajstić information content (AvgIpc) is 2.80. The van der Waals surface area contributed by atoms with E-state index in [0.29, 0.717) is 22.5 Å². The Bertz CT molecular complexity index is 1100. The zero-order valence-electron chi connectivity index (χ0n) is 21.4. The summed E-state index contributed by atoms with van der Waals surface area (Å²) < 4.78 is 0. The normalized spacial score (nSPS) is 9.81. The lowest BCUT2D eigenvalue weighted by molar-refractivity contribution is -0.116. The number of amides is 2. The van der Waals surface area contributed by atoms with E-state index in [0.717, 1.165) is 0 Å². The molecule has 37 heavy (non-hydrogen) atoms. The van der Waals surface area contributed by atoms with Crippen LogP contribution in [-0.4, -0.2) is 68.4 Å². The minimum absolute atomic E-state index is 0. The molecule has 2 aromatic rings. The van der Waals surface area contributed by atoms with Crippen LogP contribution in [0.25, 0.3) is 0 Å². The maximum Gasteiger partial charge on any atom is 0.223 e. The van der Waals surface area contributed by atoms with E-state index in [2.05, 4.69) is 5.32 Å². The summed E-state index contributed by atoms with van der Waals surface area (Å²) in [5.41, 5.74) is 2.46. The van der Waals surface area contributed by atoms with E-state index >= 15 is 0 Å². The zero-order valence-corrected chi connectivity index (χ0v) is 21.4. The number of hydrogen-bond acceptors (Lipinski definition) is 6. The molecule has 0 spiro atoms. The number of hydrogen-bond donors (Lipinski definition) is 1. The van der Waals surface area contributed by atoms with Gasteiger partial charge in [-0.3, -0.25) is 19.2 Å².